The van der Waals surface area contributed by atoms with E-state index in [0.717, 1.165) is 21.5 Å². The molecule has 0 aromatic heterocycles. The van der Waals surface area contributed by atoms with Crippen molar-refractivity contribution in [2.24, 2.45) is 0 Å². The molecule has 4 rings (SSSR count). The molecule has 0 saturated heterocycles. The summed E-state index contributed by atoms with van der Waals surface area (Å²) in [4.78, 5) is 29.0. The summed E-state index contributed by atoms with van der Waals surface area (Å²) in [7, 11) is -4.42. The number of carbonyl (C=O) groups excluding carboxylic acids is 2. The standard InChI is InChI=1S/C33H32Cl2FN3O4S/c1-3-37-33(41)31(19-24-9-5-4-6-10-24)38(21-25-15-16-26(34)20-28(25)35)32(40)22-39(30-12-8-7-11-29(30)36)44(42,43)27-17-13-23(2)14-18-27/h4-18,20,31H,3,19,21-22H2,1-2H3,(H,37,41)/t31-/m1/s1. The van der Waals surface area contributed by atoms with Gasteiger partial charge in [0, 0.05) is 29.6 Å². The third-order valence-electron chi connectivity index (χ3n) is 6.99. The van der Waals surface area contributed by atoms with Crippen molar-refractivity contribution in [2.45, 2.75) is 37.8 Å². The lowest BCUT2D eigenvalue weighted by molar-refractivity contribution is -0.140. The number of halogens is 3. The molecule has 0 aliphatic heterocycles. The van der Waals surface area contributed by atoms with Crippen molar-refractivity contribution in [1.29, 1.82) is 0 Å². The number of rotatable bonds is 12. The van der Waals surface area contributed by atoms with E-state index in [9.17, 15) is 18.0 Å². The van der Waals surface area contributed by atoms with E-state index in [1.54, 1.807) is 31.2 Å². The minimum atomic E-state index is -4.42. The Bertz CT molecular complexity index is 1720. The fraction of sp³-hybridized carbons (Fsp3) is 0.212. The molecule has 4 aromatic carbocycles. The van der Waals surface area contributed by atoms with E-state index < -0.39 is 40.2 Å². The molecule has 1 atom stereocenters. The monoisotopic (exact) mass is 655 g/mol. The van der Waals surface area contributed by atoms with Gasteiger partial charge in [-0.2, -0.15) is 0 Å². The van der Waals surface area contributed by atoms with Gasteiger partial charge in [0.25, 0.3) is 10.0 Å². The smallest absolute Gasteiger partial charge is 0.264 e. The molecule has 0 radical (unpaired) electrons. The molecule has 2 amide bonds. The van der Waals surface area contributed by atoms with Crippen molar-refractivity contribution < 1.29 is 22.4 Å². The lowest BCUT2D eigenvalue weighted by atomic mass is 10.0. The normalized spacial score (nSPS) is 11.9. The molecule has 0 aliphatic carbocycles. The predicted molar refractivity (Wildman–Crippen MR) is 172 cm³/mol. The fourth-order valence-electron chi connectivity index (χ4n) is 4.68. The van der Waals surface area contributed by atoms with Crippen LogP contribution in [-0.2, 0) is 32.6 Å². The molecule has 11 heteroatoms. The maximum absolute atomic E-state index is 15.2. The first-order valence-corrected chi connectivity index (χ1v) is 16.1. The first-order chi connectivity index (χ1) is 21.0. The van der Waals surface area contributed by atoms with Crippen LogP contribution < -0.4 is 9.62 Å². The minimum Gasteiger partial charge on any atom is -0.355 e. The van der Waals surface area contributed by atoms with Gasteiger partial charge in [-0.05, 0) is 61.4 Å². The number of likely N-dealkylation sites (N-methyl/N-ethyl adjacent to an activating group) is 1. The highest BCUT2D eigenvalue weighted by molar-refractivity contribution is 7.92. The highest BCUT2D eigenvalue weighted by Crippen LogP contribution is 2.28. The Labute approximate surface area is 267 Å². The Kier molecular flexibility index (Phi) is 11.0. The molecule has 0 saturated carbocycles. The van der Waals surface area contributed by atoms with Crippen LogP contribution in [0.3, 0.4) is 0 Å². The molecule has 0 aliphatic rings. The Morgan fingerprint density at radius 1 is 0.909 bits per heavy atom. The second-order valence-corrected chi connectivity index (χ2v) is 12.8. The van der Waals surface area contributed by atoms with Gasteiger partial charge in [-0.1, -0.05) is 89.4 Å². The summed E-state index contributed by atoms with van der Waals surface area (Å²) in [6.07, 6.45) is 0.133. The van der Waals surface area contributed by atoms with E-state index >= 15 is 4.39 Å². The molecule has 0 unspecified atom stereocenters. The van der Waals surface area contributed by atoms with Crippen LogP contribution in [0, 0.1) is 12.7 Å². The molecular formula is C33H32Cl2FN3O4S. The Morgan fingerprint density at radius 2 is 1.57 bits per heavy atom. The molecule has 7 nitrogen and oxygen atoms in total. The summed E-state index contributed by atoms with van der Waals surface area (Å²) >= 11 is 12.6. The Hall–Kier alpha value is -3.92. The number of aryl methyl sites for hydroxylation is 1. The van der Waals surface area contributed by atoms with E-state index in [1.165, 1.54) is 41.3 Å². The average Bonchev–Trinajstić information content (AvgIpc) is 3.00. The van der Waals surface area contributed by atoms with Crippen LogP contribution in [0.15, 0.2) is 102 Å². The molecule has 0 heterocycles. The molecule has 4 aromatic rings. The summed E-state index contributed by atoms with van der Waals surface area (Å²) in [6.45, 7) is 2.94. The number of hydrogen-bond acceptors (Lipinski definition) is 4. The fourth-order valence-corrected chi connectivity index (χ4v) is 6.57. The number of hydrogen-bond donors (Lipinski definition) is 1. The number of benzene rings is 4. The highest BCUT2D eigenvalue weighted by atomic mass is 35.5. The van der Waals surface area contributed by atoms with Gasteiger partial charge >= 0.3 is 0 Å². The molecule has 1 N–H and O–H groups in total. The number of sulfonamides is 1. The topological polar surface area (TPSA) is 86.8 Å². The number of anilines is 1. The SMILES string of the molecule is CCNC(=O)[C@@H](Cc1ccccc1)N(Cc1ccc(Cl)cc1Cl)C(=O)CN(c1ccccc1F)S(=O)(=O)c1ccc(C)cc1. The number of amides is 2. The van der Waals surface area contributed by atoms with Gasteiger partial charge in [0.1, 0.15) is 18.4 Å². The summed E-state index contributed by atoms with van der Waals surface area (Å²) in [6, 6.07) is 24.2. The van der Waals surface area contributed by atoms with E-state index in [1.807, 2.05) is 37.3 Å². The summed E-state index contributed by atoms with van der Waals surface area (Å²) < 4.78 is 43.9. The van der Waals surface area contributed by atoms with Gasteiger partial charge in [0.2, 0.25) is 11.8 Å². The predicted octanol–water partition coefficient (Wildman–Crippen LogP) is 6.41. The van der Waals surface area contributed by atoms with E-state index in [0.29, 0.717) is 17.1 Å². The van der Waals surface area contributed by atoms with E-state index in [-0.39, 0.29) is 28.6 Å². The Morgan fingerprint density at radius 3 is 2.20 bits per heavy atom. The van der Waals surface area contributed by atoms with Gasteiger partial charge in [-0.15, -0.1) is 0 Å². The third kappa shape index (κ3) is 7.96. The first-order valence-electron chi connectivity index (χ1n) is 13.9. The second-order valence-electron chi connectivity index (χ2n) is 10.1. The molecule has 230 valence electrons. The summed E-state index contributed by atoms with van der Waals surface area (Å²) in [5.41, 5.74) is 1.80. The number of carbonyl (C=O) groups is 2. The van der Waals surface area contributed by atoms with Crippen LogP contribution >= 0.6 is 23.2 Å². The third-order valence-corrected chi connectivity index (χ3v) is 9.35. The maximum atomic E-state index is 15.2. The quantitative estimate of drug-likeness (QED) is 0.191. The molecule has 0 bridgehead atoms. The first kappa shape index (κ1) is 33.0. The van der Waals surface area contributed by atoms with Crippen LogP contribution in [0.2, 0.25) is 10.0 Å². The van der Waals surface area contributed by atoms with Gasteiger partial charge < -0.3 is 10.2 Å². The van der Waals surface area contributed by atoms with Crippen molar-refractivity contribution in [3.8, 4) is 0 Å². The number of nitrogens with one attached hydrogen (secondary N) is 1. The van der Waals surface area contributed by atoms with Gasteiger partial charge in [-0.25, -0.2) is 12.8 Å². The second kappa shape index (κ2) is 14.7. The van der Waals surface area contributed by atoms with Gasteiger partial charge in [-0.3, -0.25) is 13.9 Å². The zero-order valence-corrected chi connectivity index (χ0v) is 26.5. The Balaban J connectivity index is 1.82. The van der Waals surface area contributed by atoms with E-state index in [4.69, 9.17) is 23.2 Å². The van der Waals surface area contributed by atoms with Crippen molar-refractivity contribution in [1.82, 2.24) is 10.2 Å². The molecular weight excluding hydrogens is 624 g/mol. The van der Waals surface area contributed by atoms with E-state index in [2.05, 4.69) is 5.32 Å². The average molecular weight is 657 g/mol. The molecule has 0 fully saturated rings. The summed E-state index contributed by atoms with van der Waals surface area (Å²) in [5.74, 6) is -2.00. The van der Waals surface area contributed by atoms with Gasteiger partial charge in [0.05, 0.1) is 10.6 Å². The molecule has 44 heavy (non-hydrogen) atoms. The van der Waals surface area contributed by atoms with Crippen LogP contribution in [0.1, 0.15) is 23.6 Å². The zero-order chi connectivity index (χ0) is 31.9. The van der Waals surface area contributed by atoms with Crippen molar-refractivity contribution in [2.75, 3.05) is 17.4 Å². The number of nitrogens with zero attached hydrogens (tertiary/aromatic N) is 2. The van der Waals surface area contributed by atoms with Crippen molar-refractivity contribution in [3.63, 3.8) is 0 Å². The zero-order valence-electron chi connectivity index (χ0n) is 24.2. The minimum absolute atomic E-state index is 0.115. The maximum Gasteiger partial charge on any atom is 0.264 e. The van der Waals surface area contributed by atoms with Crippen LogP contribution in [0.4, 0.5) is 10.1 Å². The van der Waals surface area contributed by atoms with Crippen LogP contribution in [0.5, 0.6) is 0 Å². The highest BCUT2D eigenvalue weighted by Gasteiger charge is 2.35. The lowest BCUT2D eigenvalue weighted by Gasteiger charge is -2.34. The van der Waals surface area contributed by atoms with Gasteiger partial charge in [0.15, 0.2) is 0 Å². The lowest BCUT2D eigenvalue weighted by Crippen LogP contribution is -2.53. The van der Waals surface area contributed by atoms with Crippen molar-refractivity contribution >= 4 is 50.7 Å². The van der Waals surface area contributed by atoms with Crippen LogP contribution in [-0.4, -0.2) is 44.3 Å². The van der Waals surface area contributed by atoms with Crippen molar-refractivity contribution in [3.05, 3.63) is 130 Å². The number of para-hydroxylation sites is 1. The molecule has 0 spiro atoms. The largest absolute Gasteiger partial charge is 0.355 e. The van der Waals surface area contributed by atoms with Crippen LogP contribution in [0.25, 0.3) is 0 Å². The summed E-state index contributed by atoms with van der Waals surface area (Å²) in [5, 5.41) is 3.44.